The first-order chi connectivity index (χ1) is 30.4. The maximum absolute atomic E-state index is 13.5. The van der Waals surface area contributed by atoms with Gasteiger partial charge in [0.25, 0.3) is 5.91 Å². The highest BCUT2D eigenvalue weighted by Crippen LogP contribution is 2.36. The lowest BCUT2D eigenvalue weighted by molar-refractivity contribution is -0.138. The smallest absolute Gasteiger partial charge is 0.371 e. The van der Waals surface area contributed by atoms with Crippen molar-refractivity contribution < 1.29 is 32.3 Å². The summed E-state index contributed by atoms with van der Waals surface area (Å²) >= 11 is 0. The Labute approximate surface area is 364 Å². The topological polar surface area (TPSA) is 161 Å². The molecule has 6 aliphatic rings. The molecule has 5 saturated heterocycles. The van der Waals surface area contributed by atoms with Crippen molar-refractivity contribution in [3.8, 4) is 6.07 Å². The number of piperazine rings is 1. The van der Waals surface area contributed by atoms with Crippen molar-refractivity contribution >= 4 is 46.6 Å². The standard InChI is InChI=1S/C45H52F3N11O4/c46-45(47,48)36-23-32(2-1-31(36)24-49)55-17-12-30(13-18-55)42(61)52-39-6-3-33(25-50-39)56-15-10-29(11-16-56)9-14-54-26-34(27-54)57-19-21-58(22-20-57)40-7-4-35-37(51-40)28-59(44(35)63)38-5-8-41(60)53-43(38)62/h1-4,6-7,23,25,29-30,34,38H,5,8-22,26-28H2,(H,50,52,61)(H,53,60,62). The summed E-state index contributed by atoms with van der Waals surface area (Å²) in [5.74, 6) is 0.677. The number of carbonyl (C=O) groups is 4. The summed E-state index contributed by atoms with van der Waals surface area (Å²) in [6.07, 6.45) is 2.17. The van der Waals surface area contributed by atoms with E-state index in [1.54, 1.807) is 11.0 Å². The number of amides is 4. The highest BCUT2D eigenvalue weighted by Gasteiger charge is 2.41. The third-order valence-electron chi connectivity index (χ3n) is 13.9. The molecule has 0 saturated carbocycles. The number of aromatic nitrogens is 2. The summed E-state index contributed by atoms with van der Waals surface area (Å²) in [6.45, 7) is 9.99. The summed E-state index contributed by atoms with van der Waals surface area (Å²) in [6, 6.07) is 12.9. The van der Waals surface area contributed by atoms with Crippen LogP contribution in [0.4, 0.5) is 36.2 Å². The van der Waals surface area contributed by atoms with Crippen LogP contribution in [0, 0.1) is 23.2 Å². The van der Waals surface area contributed by atoms with E-state index in [0.29, 0.717) is 67.1 Å². The minimum atomic E-state index is -4.62. The molecule has 15 nitrogen and oxygen atoms in total. The van der Waals surface area contributed by atoms with Gasteiger partial charge in [0.2, 0.25) is 17.7 Å². The molecule has 5 fully saturated rings. The lowest BCUT2D eigenvalue weighted by atomic mass is 9.92. The number of pyridine rings is 2. The van der Waals surface area contributed by atoms with E-state index >= 15 is 0 Å². The van der Waals surface area contributed by atoms with Crippen LogP contribution in [0.2, 0.25) is 0 Å². The number of imide groups is 1. The van der Waals surface area contributed by atoms with Crippen LogP contribution in [0.3, 0.4) is 0 Å². The lowest BCUT2D eigenvalue weighted by Gasteiger charge is -2.48. The van der Waals surface area contributed by atoms with Crippen molar-refractivity contribution in [2.24, 2.45) is 11.8 Å². The first-order valence-electron chi connectivity index (χ1n) is 22.1. The molecule has 0 radical (unpaired) electrons. The minimum absolute atomic E-state index is 0.143. The molecule has 1 unspecified atom stereocenters. The zero-order valence-electron chi connectivity index (χ0n) is 35.2. The second kappa shape index (κ2) is 17.8. The van der Waals surface area contributed by atoms with Gasteiger partial charge in [0, 0.05) is 89.5 Å². The highest BCUT2D eigenvalue weighted by molar-refractivity contribution is 6.05. The van der Waals surface area contributed by atoms with Gasteiger partial charge in [0.15, 0.2) is 0 Å². The van der Waals surface area contributed by atoms with Crippen molar-refractivity contribution in [1.82, 2.24) is 30.0 Å². The molecule has 2 aromatic heterocycles. The largest absolute Gasteiger partial charge is 0.417 e. The summed E-state index contributed by atoms with van der Waals surface area (Å²) in [5, 5.41) is 14.4. The number of benzene rings is 1. The van der Waals surface area contributed by atoms with Crippen LogP contribution in [0.25, 0.3) is 0 Å². The number of nitriles is 1. The Balaban J connectivity index is 0.655. The first-order valence-corrected chi connectivity index (χ1v) is 22.1. The van der Waals surface area contributed by atoms with Gasteiger partial charge in [0.05, 0.1) is 46.9 Å². The predicted molar refractivity (Wildman–Crippen MR) is 228 cm³/mol. The second-order valence-corrected chi connectivity index (χ2v) is 17.7. The van der Waals surface area contributed by atoms with Crippen LogP contribution >= 0.6 is 0 Å². The van der Waals surface area contributed by atoms with E-state index in [4.69, 9.17) is 10.2 Å². The molecule has 332 valence electrons. The number of hydrogen-bond donors (Lipinski definition) is 2. The van der Waals surface area contributed by atoms with E-state index in [1.165, 1.54) is 18.6 Å². The van der Waals surface area contributed by atoms with Crippen molar-refractivity contribution in [3.63, 3.8) is 0 Å². The molecule has 0 aliphatic carbocycles. The molecule has 0 bridgehead atoms. The molecular weight excluding hydrogens is 816 g/mol. The fraction of sp³-hybridized carbons (Fsp3) is 0.533. The number of fused-ring (bicyclic) bond motifs is 1. The van der Waals surface area contributed by atoms with E-state index < -0.39 is 29.3 Å². The van der Waals surface area contributed by atoms with Gasteiger partial charge in [-0.3, -0.25) is 29.4 Å². The van der Waals surface area contributed by atoms with Gasteiger partial charge in [-0.25, -0.2) is 9.97 Å². The van der Waals surface area contributed by atoms with Gasteiger partial charge in [-0.05, 0) is 93.5 Å². The minimum Gasteiger partial charge on any atom is -0.371 e. The Morgan fingerprint density at radius 1 is 0.857 bits per heavy atom. The van der Waals surface area contributed by atoms with Crippen LogP contribution in [-0.2, 0) is 27.1 Å². The molecule has 63 heavy (non-hydrogen) atoms. The normalized spacial score (nSPS) is 22.2. The number of anilines is 4. The molecule has 8 heterocycles. The lowest BCUT2D eigenvalue weighted by Crippen LogP contribution is -2.63. The van der Waals surface area contributed by atoms with Crippen LogP contribution in [-0.4, -0.2) is 132 Å². The third-order valence-corrected chi connectivity index (χ3v) is 13.9. The van der Waals surface area contributed by atoms with Gasteiger partial charge >= 0.3 is 6.18 Å². The van der Waals surface area contributed by atoms with Crippen molar-refractivity contribution in [2.45, 2.75) is 69.8 Å². The number of hydrogen-bond acceptors (Lipinski definition) is 12. The Kier molecular flexibility index (Phi) is 12.0. The Bertz CT molecular complexity index is 2260. The summed E-state index contributed by atoms with van der Waals surface area (Å²) in [4.78, 5) is 72.8. The number of nitrogens with zero attached hydrogens (tertiary/aromatic N) is 9. The molecule has 1 atom stereocenters. The Hall–Kier alpha value is -5.80. The third kappa shape index (κ3) is 9.17. The average molecular weight is 868 g/mol. The average Bonchev–Trinajstić information content (AvgIpc) is 3.60. The van der Waals surface area contributed by atoms with E-state index in [0.717, 1.165) is 89.3 Å². The van der Waals surface area contributed by atoms with E-state index in [2.05, 4.69) is 35.2 Å². The van der Waals surface area contributed by atoms with Gasteiger partial charge in [-0.2, -0.15) is 18.4 Å². The molecule has 6 aliphatic heterocycles. The Morgan fingerprint density at radius 2 is 1.57 bits per heavy atom. The van der Waals surface area contributed by atoms with Crippen molar-refractivity contribution in [3.05, 3.63) is 71.0 Å². The maximum Gasteiger partial charge on any atom is 0.417 e. The zero-order chi connectivity index (χ0) is 43.8. The second-order valence-electron chi connectivity index (χ2n) is 17.7. The quantitative estimate of drug-likeness (QED) is 0.282. The van der Waals surface area contributed by atoms with Crippen molar-refractivity contribution in [2.75, 3.05) is 92.0 Å². The van der Waals surface area contributed by atoms with E-state index in [1.807, 2.05) is 35.4 Å². The Morgan fingerprint density at radius 3 is 2.25 bits per heavy atom. The van der Waals surface area contributed by atoms with Crippen LogP contribution in [0.1, 0.15) is 72.1 Å². The number of piperidine rings is 3. The fourth-order valence-corrected chi connectivity index (χ4v) is 10.1. The SMILES string of the molecule is N#Cc1ccc(N2CCC(C(=O)Nc3ccc(N4CCC(CCN5CC(N6CCN(c7ccc8c(n7)CN(C7CCC(=O)NC7=O)C8=O)CC6)C5)CC4)cn3)CC2)cc1C(F)(F)F. The molecule has 1 aromatic carbocycles. The zero-order valence-corrected chi connectivity index (χ0v) is 35.2. The van der Waals surface area contributed by atoms with Crippen molar-refractivity contribution in [1.29, 1.82) is 5.26 Å². The maximum atomic E-state index is 13.5. The molecule has 0 spiro atoms. The number of carbonyl (C=O) groups excluding carboxylic acids is 4. The number of halogens is 3. The molecule has 4 amide bonds. The number of alkyl halides is 3. The summed E-state index contributed by atoms with van der Waals surface area (Å²) in [7, 11) is 0. The number of rotatable bonds is 10. The van der Waals surface area contributed by atoms with Gasteiger partial charge in [-0.1, -0.05) is 0 Å². The molecule has 18 heteroatoms. The number of nitrogens with one attached hydrogen (secondary N) is 2. The summed E-state index contributed by atoms with van der Waals surface area (Å²) in [5.41, 5.74) is 1.30. The first kappa shape index (κ1) is 42.5. The van der Waals surface area contributed by atoms with Crippen LogP contribution < -0.4 is 25.3 Å². The van der Waals surface area contributed by atoms with Crippen LogP contribution in [0.15, 0.2) is 48.7 Å². The fourth-order valence-electron chi connectivity index (χ4n) is 10.1. The van der Waals surface area contributed by atoms with Gasteiger partial charge in [0.1, 0.15) is 17.7 Å². The molecule has 3 aromatic rings. The molecular formula is C45H52F3N11O4. The van der Waals surface area contributed by atoms with E-state index in [-0.39, 0.29) is 36.6 Å². The molecule has 9 rings (SSSR count). The predicted octanol–water partition coefficient (Wildman–Crippen LogP) is 4.10. The van der Waals surface area contributed by atoms with Crippen LogP contribution in [0.5, 0.6) is 0 Å². The van der Waals surface area contributed by atoms with Gasteiger partial charge < -0.3 is 29.8 Å². The number of likely N-dealkylation sites (tertiary alicyclic amines) is 1. The van der Waals surface area contributed by atoms with E-state index in [9.17, 15) is 32.3 Å². The molecule has 2 N–H and O–H groups in total. The highest BCUT2D eigenvalue weighted by atomic mass is 19.4. The monoisotopic (exact) mass is 867 g/mol. The van der Waals surface area contributed by atoms with Gasteiger partial charge in [-0.15, -0.1) is 0 Å². The summed E-state index contributed by atoms with van der Waals surface area (Å²) < 4.78 is 40.4.